The van der Waals surface area contributed by atoms with E-state index in [2.05, 4.69) is 0 Å². The number of hydrogen-bond acceptors (Lipinski definition) is 3. The first-order valence-corrected chi connectivity index (χ1v) is 7.35. The summed E-state index contributed by atoms with van der Waals surface area (Å²) >= 11 is 0. The van der Waals surface area contributed by atoms with Crippen molar-refractivity contribution in [3.05, 3.63) is 35.4 Å². The second-order valence-electron chi connectivity index (χ2n) is 5.70. The molecule has 0 bridgehead atoms. The van der Waals surface area contributed by atoms with Gasteiger partial charge in [-0.3, -0.25) is 9.59 Å². The molecule has 0 aliphatic carbocycles. The standard InChI is InChI=1S/C16H19NO4/c18-15(8-12-5-3-7-21-12)17-9-11-4-1-2-6-13(11)14(10-17)16(19)20/h1-2,4,6,12,14H,3,5,7-10H2,(H,19,20). The van der Waals surface area contributed by atoms with Crippen LogP contribution in [0.4, 0.5) is 0 Å². The zero-order valence-electron chi connectivity index (χ0n) is 11.8. The first-order valence-electron chi connectivity index (χ1n) is 7.35. The predicted octanol–water partition coefficient (Wildman–Crippen LogP) is 1.77. The van der Waals surface area contributed by atoms with E-state index < -0.39 is 11.9 Å². The van der Waals surface area contributed by atoms with Gasteiger partial charge in [-0.15, -0.1) is 0 Å². The summed E-state index contributed by atoms with van der Waals surface area (Å²) in [5, 5.41) is 9.41. The number of nitrogens with zero attached hydrogens (tertiary/aromatic N) is 1. The van der Waals surface area contributed by atoms with Gasteiger partial charge in [0.1, 0.15) is 0 Å². The molecule has 1 amide bonds. The van der Waals surface area contributed by atoms with Crippen molar-refractivity contribution in [2.45, 2.75) is 37.8 Å². The van der Waals surface area contributed by atoms with Crippen molar-refractivity contribution in [1.29, 1.82) is 0 Å². The zero-order valence-corrected chi connectivity index (χ0v) is 11.8. The van der Waals surface area contributed by atoms with Crippen LogP contribution in [0, 0.1) is 0 Å². The SMILES string of the molecule is O=C(O)C1CN(C(=O)CC2CCCO2)Cc2ccccc21. The highest BCUT2D eigenvalue weighted by atomic mass is 16.5. The molecule has 1 aromatic rings. The Morgan fingerprint density at radius 1 is 1.33 bits per heavy atom. The van der Waals surface area contributed by atoms with Gasteiger partial charge in [0.05, 0.1) is 18.4 Å². The lowest BCUT2D eigenvalue weighted by molar-refractivity contribution is -0.142. The summed E-state index contributed by atoms with van der Waals surface area (Å²) in [5.74, 6) is -1.52. The maximum Gasteiger partial charge on any atom is 0.312 e. The molecule has 1 aromatic carbocycles. The molecule has 2 aliphatic heterocycles. The molecule has 2 unspecified atom stereocenters. The summed E-state index contributed by atoms with van der Waals surface area (Å²) < 4.78 is 5.49. The lowest BCUT2D eigenvalue weighted by Crippen LogP contribution is -2.41. The van der Waals surface area contributed by atoms with E-state index in [4.69, 9.17) is 4.74 Å². The van der Waals surface area contributed by atoms with E-state index in [-0.39, 0.29) is 18.6 Å². The highest BCUT2D eigenvalue weighted by Gasteiger charge is 2.33. The number of ether oxygens (including phenoxy) is 1. The Morgan fingerprint density at radius 3 is 2.86 bits per heavy atom. The maximum atomic E-state index is 12.4. The van der Waals surface area contributed by atoms with Crippen LogP contribution in [-0.2, 0) is 20.9 Å². The molecule has 1 saturated heterocycles. The third kappa shape index (κ3) is 2.93. The minimum absolute atomic E-state index is 0.00190. The highest BCUT2D eigenvalue weighted by Crippen LogP contribution is 2.29. The van der Waals surface area contributed by atoms with Gasteiger partial charge in [-0.25, -0.2) is 0 Å². The highest BCUT2D eigenvalue weighted by molar-refractivity contribution is 5.81. The third-order valence-electron chi connectivity index (χ3n) is 4.27. The molecule has 1 N–H and O–H groups in total. The molecule has 112 valence electrons. The second kappa shape index (κ2) is 5.85. The first-order chi connectivity index (χ1) is 10.1. The minimum Gasteiger partial charge on any atom is -0.481 e. The molecular formula is C16H19NO4. The number of carbonyl (C=O) groups excluding carboxylic acids is 1. The molecule has 0 aromatic heterocycles. The van der Waals surface area contributed by atoms with Crippen molar-refractivity contribution in [3.63, 3.8) is 0 Å². The number of benzene rings is 1. The van der Waals surface area contributed by atoms with Crippen molar-refractivity contribution in [2.24, 2.45) is 0 Å². The van der Waals surface area contributed by atoms with Crippen LogP contribution in [0.3, 0.4) is 0 Å². The van der Waals surface area contributed by atoms with Crippen LogP contribution >= 0.6 is 0 Å². The lowest BCUT2D eigenvalue weighted by Gasteiger charge is -2.33. The van der Waals surface area contributed by atoms with Crippen molar-refractivity contribution >= 4 is 11.9 Å². The number of fused-ring (bicyclic) bond motifs is 1. The van der Waals surface area contributed by atoms with Crippen molar-refractivity contribution in [1.82, 2.24) is 4.90 Å². The molecule has 1 fully saturated rings. The van der Waals surface area contributed by atoms with E-state index in [9.17, 15) is 14.7 Å². The van der Waals surface area contributed by atoms with Gasteiger partial charge in [-0.1, -0.05) is 24.3 Å². The van der Waals surface area contributed by atoms with Crippen molar-refractivity contribution in [3.8, 4) is 0 Å². The van der Waals surface area contributed by atoms with Gasteiger partial charge >= 0.3 is 5.97 Å². The van der Waals surface area contributed by atoms with Crippen LogP contribution in [0.1, 0.15) is 36.3 Å². The Morgan fingerprint density at radius 2 is 2.14 bits per heavy atom. The summed E-state index contributed by atoms with van der Waals surface area (Å²) in [4.78, 5) is 25.5. The summed E-state index contributed by atoms with van der Waals surface area (Å²) in [7, 11) is 0. The van der Waals surface area contributed by atoms with E-state index in [0.717, 1.165) is 30.6 Å². The first kappa shape index (κ1) is 14.1. The third-order valence-corrected chi connectivity index (χ3v) is 4.27. The summed E-state index contributed by atoms with van der Waals surface area (Å²) in [6.45, 7) is 1.46. The number of carbonyl (C=O) groups is 2. The molecule has 2 atom stereocenters. The Kier molecular flexibility index (Phi) is 3.92. The van der Waals surface area contributed by atoms with E-state index in [0.29, 0.717) is 13.0 Å². The molecular weight excluding hydrogens is 270 g/mol. The average molecular weight is 289 g/mol. The Hall–Kier alpha value is -1.88. The van der Waals surface area contributed by atoms with Gasteiger partial charge in [-0.05, 0) is 24.0 Å². The van der Waals surface area contributed by atoms with Crippen LogP contribution in [0.5, 0.6) is 0 Å². The van der Waals surface area contributed by atoms with Crippen LogP contribution in [0.2, 0.25) is 0 Å². The van der Waals surface area contributed by atoms with Crippen LogP contribution in [-0.4, -0.2) is 41.1 Å². The summed E-state index contributed by atoms with van der Waals surface area (Å²) in [6.07, 6.45) is 2.27. The van der Waals surface area contributed by atoms with Crippen LogP contribution < -0.4 is 0 Å². The van der Waals surface area contributed by atoms with E-state index in [1.807, 2.05) is 24.3 Å². The smallest absolute Gasteiger partial charge is 0.312 e. The molecule has 0 radical (unpaired) electrons. The average Bonchev–Trinajstić information content (AvgIpc) is 2.98. The van der Waals surface area contributed by atoms with Crippen LogP contribution in [0.25, 0.3) is 0 Å². The van der Waals surface area contributed by atoms with Gasteiger partial charge in [0.25, 0.3) is 0 Å². The number of hydrogen-bond donors (Lipinski definition) is 1. The molecule has 0 saturated carbocycles. The van der Waals surface area contributed by atoms with Gasteiger partial charge in [-0.2, -0.15) is 0 Å². The van der Waals surface area contributed by atoms with Crippen molar-refractivity contribution in [2.75, 3.05) is 13.2 Å². The quantitative estimate of drug-likeness (QED) is 0.921. The topological polar surface area (TPSA) is 66.8 Å². The van der Waals surface area contributed by atoms with E-state index in [1.165, 1.54) is 0 Å². The number of amides is 1. The molecule has 21 heavy (non-hydrogen) atoms. The second-order valence-corrected chi connectivity index (χ2v) is 5.70. The number of rotatable bonds is 3. The number of carboxylic acid groups (broad SMARTS) is 1. The summed E-state index contributed by atoms with van der Waals surface area (Å²) in [6, 6.07) is 7.47. The van der Waals surface area contributed by atoms with Crippen LogP contribution in [0.15, 0.2) is 24.3 Å². The minimum atomic E-state index is -0.878. The molecule has 2 aliphatic rings. The lowest BCUT2D eigenvalue weighted by atomic mass is 9.89. The zero-order chi connectivity index (χ0) is 14.8. The molecule has 2 heterocycles. The number of carboxylic acids is 1. The van der Waals surface area contributed by atoms with Gasteiger partial charge in [0.15, 0.2) is 0 Å². The molecule has 5 nitrogen and oxygen atoms in total. The van der Waals surface area contributed by atoms with Gasteiger partial charge in [0, 0.05) is 19.7 Å². The fourth-order valence-electron chi connectivity index (χ4n) is 3.14. The largest absolute Gasteiger partial charge is 0.481 e. The maximum absolute atomic E-state index is 12.4. The fraction of sp³-hybridized carbons (Fsp3) is 0.500. The van der Waals surface area contributed by atoms with E-state index >= 15 is 0 Å². The molecule has 3 rings (SSSR count). The van der Waals surface area contributed by atoms with Gasteiger partial charge < -0.3 is 14.7 Å². The Bertz CT molecular complexity index is 551. The van der Waals surface area contributed by atoms with Crippen molar-refractivity contribution < 1.29 is 19.4 Å². The monoisotopic (exact) mass is 289 g/mol. The normalized spacial score (nSPS) is 24.7. The number of aliphatic carboxylic acids is 1. The van der Waals surface area contributed by atoms with Gasteiger partial charge in [0.2, 0.25) is 5.91 Å². The van der Waals surface area contributed by atoms with E-state index in [1.54, 1.807) is 4.90 Å². The Balaban J connectivity index is 1.76. The Labute approximate surface area is 123 Å². The molecule has 5 heteroatoms. The predicted molar refractivity (Wildman–Crippen MR) is 75.8 cm³/mol. The summed E-state index contributed by atoms with van der Waals surface area (Å²) in [5.41, 5.74) is 1.75. The fourth-order valence-corrected chi connectivity index (χ4v) is 3.14. The molecule has 0 spiro atoms.